The Morgan fingerprint density at radius 1 is 0.561 bits per heavy atom. The second-order valence-corrected chi connectivity index (χ2v) is 15.2. The van der Waals surface area contributed by atoms with Gasteiger partial charge in [-0.15, -0.1) is 0 Å². The third-order valence-electron chi connectivity index (χ3n) is 11.7. The number of nitrogens with zero attached hydrogens (tertiary/aromatic N) is 3. The zero-order valence-corrected chi connectivity index (χ0v) is 31.3. The Labute approximate surface area is 330 Å². The molecule has 6 aromatic carbocycles. The fourth-order valence-electron chi connectivity index (χ4n) is 8.93. The molecule has 2 aliphatic rings. The third kappa shape index (κ3) is 5.72. The molecule has 0 fully saturated rings. The molecule has 57 heavy (non-hydrogen) atoms. The minimum absolute atomic E-state index is 0.0101. The van der Waals surface area contributed by atoms with E-state index >= 15 is 0 Å². The number of hydrogen-bond donors (Lipinski definition) is 0. The van der Waals surface area contributed by atoms with Crippen LogP contribution in [0.1, 0.15) is 36.3 Å². The van der Waals surface area contributed by atoms with Gasteiger partial charge in [-0.05, 0) is 88.5 Å². The summed E-state index contributed by atoms with van der Waals surface area (Å²) in [5.74, 6) is 0.116. The molecule has 3 aromatic heterocycles. The van der Waals surface area contributed by atoms with Gasteiger partial charge in [0.1, 0.15) is 0 Å². The maximum Gasteiger partial charge on any atom is 0.263 e. The van der Waals surface area contributed by atoms with Crippen molar-refractivity contribution in [3.63, 3.8) is 0 Å². The van der Waals surface area contributed by atoms with Crippen LogP contribution in [0.3, 0.4) is 0 Å². The number of benzene rings is 6. The van der Waals surface area contributed by atoms with Crippen LogP contribution in [0.4, 0.5) is 0 Å². The molecule has 11 rings (SSSR count). The normalized spacial score (nSPS) is 15.6. The molecule has 270 valence electrons. The summed E-state index contributed by atoms with van der Waals surface area (Å²) in [4.78, 5) is 24.9. The highest BCUT2D eigenvalue weighted by molar-refractivity contribution is 6.21. The number of fused-ring (bicyclic) bond motifs is 5. The first kappa shape index (κ1) is 33.2. The van der Waals surface area contributed by atoms with E-state index < -0.39 is 0 Å². The second-order valence-electron chi connectivity index (χ2n) is 15.2. The van der Waals surface area contributed by atoms with E-state index in [-0.39, 0.29) is 11.5 Å². The van der Waals surface area contributed by atoms with E-state index in [9.17, 15) is 4.79 Å². The van der Waals surface area contributed by atoms with Crippen LogP contribution in [0.15, 0.2) is 197 Å². The molecule has 1 aliphatic carbocycles. The Kier molecular flexibility index (Phi) is 7.88. The number of rotatable bonds is 6. The van der Waals surface area contributed by atoms with Crippen molar-refractivity contribution in [2.45, 2.75) is 25.2 Å². The lowest BCUT2D eigenvalue weighted by Gasteiger charge is -2.24. The molecule has 1 unspecified atom stereocenters. The fourth-order valence-corrected chi connectivity index (χ4v) is 8.93. The Bertz CT molecular complexity index is 3150. The van der Waals surface area contributed by atoms with Gasteiger partial charge in [0.15, 0.2) is 0 Å². The van der Waals surface area contributed by atoms with E-state index in [1.165, 1.54) is 11.1 Å². The van der Waals surface area contributed by atoms with Crippen LogP contribution in [-0.4, -0.2) is 15.1 Å². The van der Waals surface area contributed by atoms with E-state index in [0.717, 1.165) is 102 Å². The molecule has 4 heteroatoms. The zero-order chi connectivity index (χ0) is 37.9. The van der Waals surface area contributed by atoms with E-state index in [1.807, 2.05) is 34.7 Å². The van der Waals surface area contributed by atoms with Crippen LogP contribution >= 0.6 is 0 Å². The van der Waals surface area contributed by atoms with Gasteiger partial charge in [0.05, 0.1) is 28.1 Å². The van der Waals surface area contributed by atoms with Gasteiger partial charge in [-0.3, -0.25) is 14.2 Å². The standard InChI is InChI=1S/C53H37N3O/c57-53-43-24-14-13-23-42(43)45-28-39(41-32-49(36-19-9-3-10-20-36)55-50(33-41)37-21-11-4-12-22-37)29-46-44-27-38(25-26-51(44)56(53)52(45)46)40-30-47(34-15-5-1-6-16-34)54-48(31-40)35-17-7-2-8-18-35/h1-7,9-17,19-30,32-33,40H,8,18,31H2. The van der Waals surface area contributed by atoms with Gasteiger partial charge in [-0.2, -0.15) is 0 Å². The lowest BCUT2D eigenvalue weighted by atomic mass is 9.85. The first-order valence-electron chi connectivity index (χ1n) is 19.8. The van der Waals surface area contributed by atoms with Gasteiger partial charge in [0, 0.05) is 50.7 Å². The molecule has 0 saturated carbocycles. The molecule has 0 spiro atoms. The van der Waals surface area contributed by atoms with E-state index in [1.54, 1.807) is 0 Å². The maximum absolute atomic E-state index is 14.4. The molecular formula is C53H37N3O. The second kappa shape index (κ2) is 13.5. The van der Waals surface area contributed by atoms with Gasteiger partial charge >= 0.3 is 0 Å². The molecule has 1 atom stereocenters. The molecular weight excluding hydrogens is 695 g/mol. The summed E-state index contributed by atoms with van der Waals surface area (Å²) in [5, 5.41) is 4.88. The average Bonchev–Trinajstić information content (AvgIpc) is 3.63. The quantitative estimate of drug-likeness (QED) is 0.160. The van der Waals surface area contributed by atoms with Crippen LogP contribution in [0.25, 0.3) is 77.3 Å². The highest BCUT2D eigenvalue weighted by Gasteiger charge is 2.25. The van der Waals surface area contributed by atoms with E-state index in [4.69, 9.17) is 9.98 Å². The molecule has 0 bridgehead atoms. The lowest BCUT2D eigenvalue weighted by Crippen LogP contribution is -2.14. The van der Waals surface area contributed by atoms with Gasteiger partial charge in [0.25, 0.3) is 5.56 Å². The first-order chi connectivity index (χ1) is 28.2. The molecule has 0 radical (unpaired) electrons. The van der Waals surface area contributed by atoms with Crippen molar-refractivity contribution < 1.29 is 0 Å². The van der Waals surface area contributed by atoms with Crippen molar-refractivity contribution in [3.8, 4) is 33.6 Å². The van der Waals surface area contributed by atoms with Gasteiger partial charge < -0.3 is 0 Å². The zero-order valence-electron chi connectivity index (χ0n) is 31.3. The molecule has 0 saturated heterocycles. The Morgan fingerprint density at radius 2 is 1.18 bits per heavy atom. The Morgan fingerprint density at radius 3 is 1.84 bits per heavy atom. The molecule has 4 nitrogen and oxygen atoms in total. The predicted molar refractivity (Wildman–Crippen MR) is 237 cm³/mol. The van der Waals surface area contributed by atoms with Crippen LogP contribution < -0.4 is 5.56 Å². The monoisotopic (exact) mass is 731 g/mol. The van der Waals surface area contributed by atoms with Gasteiger partial charge in [-0.25, -0.2) is 4.98 Å². The fraction of sp³-hybridized carbons (Fsp3) is 0.0755. The minimum atomic E-state index is 0.0101. The highest BCUT2D eigenvalue weighted by Crippen LogP contribution is 2.42. The number of hydrogen-bond acceptors (Lipinski definition) is 3. The third-order valence-corrected chi connectivity index (χ3v) is 11.7. The number of allylic oxidation sites excluding steroid dienone is 5. The average molecular weight is 732 g/mol. The van der Waals surface area contributed by atoms with Crippen LogP contribution in [0.2, 0.25) is 0 Å². The summed E-state index contributed by atoms with van der Waals surface area (Å²) in [6, 6.07) is 55.0. The number of aromatic nitrogens is 2. The topological polar surface area (TPSA) is 46.7 Å². The van der Waals surface area contributed by atoms with Gasteiger partial charge in [-0.1, -0.05) is 140 Å². The van der Waals surface area contributed by atoms with E-state index in [0.29, 0.717) is 5.39 Å². The van der Waals surface area contributed by atoms with Crippen LogP contribution in [0.5, 0.6) is 0 Å². The predicted octanol–water partition coefficient (Wildman–Crippen LogP) is 12.8. The largest absolute Gasteiger partial charge is 0.275 e. The molecule has 1 aliphatic heterocycles. The minimum Gasteiger partial charge on any atom is -0.275 e. The van der Waals surface area contributed by atoms with Crippen molar-refractivity contribution in [2.24, 2.45) is 4.99 Å². The molecule has 0 amide bonds. The van der Waals surface area contributed by atoms with Crippen molar-refractivity contribution in [1.29, 1.82) is 0 Å². The Hall–Kier alpha value is -7.17. The van der Waals surface area contributed by atoms with Crippen LogP contribution in [0, 0.1) is 0 Å². The van der Waals surface area contributed by atoms with E-state index in [2.05, 4.69) is 152 Å². The molecule has 9 aromatic rings. The summed E-state index contributed by atoms with van der Waals surface area (Å²) in [5.41, 5.74) is 13.8. The number of pyridine rings is 2. The summed E-state index contributed by atoms with van der Waals surface area (Å²) in [6.45, 7) is 0. The Balaban J connectivity index is 1.15. The highest BCUT2D eigenvalue weighted by atomic mass is 16.1. The van der Waals surface area contributed by atoms with Crippen molar-refractivity contribution in [2.75, 3.05) is 0 Å². The summed E-state index contributed by atoms with van der Waals surface area (Å²) in [7, 11) is 0. The maximum atomic E-state index is 14.4. The number of aliphatic imine (C=N–C) groups is 1. The summed E-state index contributed by atoms with van der Waals surface area (Å²) < 4.78 is 1.95. The van der Waals surface area contributed by atoms with Crippen molar-refractivity contribution >= 4 is 49.4 Å². The molecule has 0 N–H and O–H groups in total. The summed E-state index contributed by atoms with van der Waals surface area (Å²) >= 11 is 0. The van der Waals surface area contributed by atoms with Crippen LogP contribution in [-0.2, 0) is 0 Å². The smallest absolute Gasteiger partial charge is 0.263 e. The SMILES string of the molecule is O=c1c2ccccc2c2cc(-c3cc(-c4ccccc4)nc(-c4ccccc4)c3)cc3c4cc(C5C=C(c6ccccc6)N=C(C6=CC=CCC6)C5)ccc4n1c23. The molecule has 4 heterocycles. The van der Waals surface area contributed by atoms with Crippen molar-refractivity contribution in [1.82, 2.24) is 9.38 Å². The summed E-state index contributed by atoms with van der Waals surface area (Å²) in [6.07, 6.45) is 11.8. The van der Waals surface area contributed by atoms with Crippen molar-refractivity contribution in [3.05, 3.63) is 209 Å². The first-order valence-corrected chi connectivity index (χ1v) is 19.8. The van der Waals surface area contributed by atoms with Gasteiger partial charge in [0.2, 0.25) is 0 Å². The lowest BCUT2D eigenvalue weighted by molar-refractivity contribution is 0.868.